The maximum atomic E-state index is 12.3. The first-order valence-electron chi connectivity index (χ1n) is 7.38. The van der Waals surface area contributed by atoms with Crippen molar-refractivity contribution in [1.82, 2.24) is 4.98 Å². The molecule has 0 fully saturated rings. The molecule has 6 heteroatoms. The molecule has 2 N–H and O–H groups in total. The van der Waals surface area contributed by atoms with E-state index < -0.39 is 0 Å². The van der Waals surface area contributed by atoms with Crippen LogP contribution in [0.2, 0.25) is 0 Å². The summed E-state index contributed by atoms with van der Waals surface area (Å²) in [5.41, 5.74) is 3.01. The fraction of sp³-hybridized carbons (Fsp3) is 0.294. The third-order valence-electron chi connectivity index (χ3n) is 3.27. The number of carbonyl (C=O) groups is 1. The number of nitrogens with zero attached hydrogens (tertiary/aromatic N) is 2. The number of pyridine rings is 1. The van der Waals surface area contributed by atoms with Crippen LogP contribution in [0.3, 0.4) is 0 Å². The van der Waals surface area contributed by atoms with Crippen molar-refractivity contribution >= 4 is 23.0 Å². The minimum atomic E-state index is -0.238. The second kappa shape index (κ2) is 8.14. The Morgan fingerprint density at radius 3 is 2.57 bits per heavy atom. The first-order valence-corrected chi connectivity index (χ1v) is 7.38. The monoisotopic (exact) mass is 314 g/mol. The lowest BCUT2D eigenvalue weighted by Crippen LogP contribution is -2.15. The Labute approximate surface area is 136 Å². The van der Waals surface area contributed by atoms with Crippen molar-refractivity contribution in [2.45, 2.75) is 0 Å². The SMILES string of the molecule is COCCNc1ccnc(C(=O)Nc2ccc(N(C)C)cc2)c1. The molecule has 0 atom stereocenters. The van der Waals surface area contributed by atoms with Gasteiger partial charge in [0, 0.05) is 51.0 Å². The molecule has 1 aromatic carbocycles. The van der Waals surface area contributed by atoms with Crippen molar-refractivity contribution in [2.24, 2.45) is 0 Å². The van der Waals surface area contributed by atoms with Gasteiger partial charge in [-0.1, -0.05) is 0 Å². The molecule has 0 unspecified atom stereocenters. The first-order chi connectivity index (χ1) is 11.1. The van der Waals surface area contributed by atoms with Crippen LogP contribution in [0.1, 0.15) is 10.5 Å². The summed E-state index contributed by atoms with van der Waals surface area (Å²) in [4.78, 5) is 18.4. The van der Waals surface area contributed by atoms with E-state index in [1.807, 2.05) is 49.3 Å². The molecule has 122 valence electrons. The number of rotatable bonds is 7. The van der Waals surface area contributed by atoms with Crippen LogP contribution < -0.4 is 15.5 Å². The summed E-state index contributed by atoms with van der Waals surface area (Å²) in [6.45, 7) is 1.27. The molecule has 0 saturated carbocycles. The third kappa shape index (κ3) is 4.96. The smallest absolute Gasteiger partial charge is 0.274 e. The van der Waals surface area contributed by atoms with Gasteiger partial charge in [0.2, 0.25) is 0 Å². The van der Waals surface area contributed by atoms with Gasteiger partial charge in [-0.25, -0.2) is 0 Å². The molecule has 0 radical (unpaired) electrons. The van der Waals surface area contributed by atoms with Crippen molar-refractivity contribution in [3.63, 3.8) is 0 Å². The van der Waals surface area contributed by atoms with E-state index in [-0.39, 0.29) is 5.91 Å². The molecule has 2 rings (SSSR count). The van der Waals surface area contributed by atoms with Crippen LogP contribution in [0.15, 0.2) is 42.6 Å². The summed E-state index contributed by atoms with van der Waals surface area (Å²) in [7, 11) is 5.59. The Balaban J connectivity index is 2.01. The number of carbonyl (C=O) groups excluding carboxylic acids is 1. The van der Waals surface area contributed by atoms with Crippen molar-refractivity contribution in [3.8, 4) is 0 Å². The van der Waals surface area contributed by atoms with Gasteiger partial charge in [-0.3, -0.25) is 9.78 Å². The molecule has 1 aromatic heterocycles. The zero-order valence-corrected chi connectivity index (χ0v) is 13.7. The molecule has 23 heavy (non-hydrogen) atoms. The predicted molar refractivity (Wildman–Crippen MR) is 93.3 cm³/mol. The van der Waals surface area contributed by atoms with E-state index in [9.17, 15) is 4.79 Å². The Kier molecular flexibility index (Phi) is 5.94. The Morgan fingerprint density at radius 1 is 1.17 bits per heavy atom. The lowest BCUT2D eigenvalue weighted by Gasteiger charge is -2.13. The highest BCUT2D eigenvalue weighted by atomic mass is 16.5. The molecule has 0 spiro atoms. The average molecular weight is 314 g/mol. The van der Waals surface area contributed by atoms with E-state index in [1.165, 1.54) is 0 Å². The van der Waals surface area contributed by atoms with Gasteiger partial charge in [0.15, 0.2) is 0 Å². The number of methoxy groups -OCH3 is 1. The summed E-state index contributed by atoms with van der Waals surface area (Å²) in [5, 5.41) is 6.02. The molecule has 0 aliphatic carbocycles. The quantitative estimate of drug-likeness (QED) is 0.769. The number of ether oxygens (including phenoxy) is 1. The van der Waals surface area contributed by atoms with Crippen molar-refractivity contribution in [2.75, 3.05) is 49.9 Å². The molecule has 2 aromatic rings. The fourth-order valence-corrected chi connectivity index (χ4v) is 2.00. The van der Waals surface area contributed by atoms with Crippen LogP contribution in [-0.2, 0) is 4.74 Å². The van der Waals surface area contributed by atoms with Crippen LogP contribution >= 0.6 is 0 Å². The molecule has 0 aliphatic heterocycles. The molecule has 6 nitrogen and oxygen atoms in total. The highest BCUT2D eigenvalue weighted by Gasteiger charge is 2.08. The van der Waals surface area contributed by atoms with E-state index in [4.69, 9.17) is 4.74 Å². The van der Waals surface area contributed by atoms with Crippen molar-refractivity contribution in [3.05, 3.63) is 48.3 Å². The van der Waals surface area contributed by atoms with E-state index in [0.717, 1.165) is 17.1 Å². The number of aromatic nitrogens is 1. The van der Waals surface area contributed by atoms with Gasteiger partial charge >= 0.3 is 0 Å². The van der Waals surface area contributed by atoms with Crippen molar-refractivity contribution < 1.29 is 9.53 Å². The molecule has 0 saturated heterocycles. The second-order valence-corrected chi connectivity index (χ2v) is 5.24. The third-order valence-corrected chi connectivity index (χ3v) is 3.27. The summed E-state index contributed by atoms with van der Waals surface area (Å²) >= 11 is 0. The molecular weight excluding hydrogens is 292 g/mol. The average Bonchev–Trinajstić information content (AvgIpc) is 2.56. The van der Waals surface area contributed by atoms with Crippen LogP contribution in [0.4, 0.5) is 17.1 Å². The van der Waals surface area contributed by atoms with Crippen LogP contribution in [0.25, 0.3) is 0 Å². The molecular formula is C17H22N4O2. The van der Waals surface area contributed by atoms with E-state index in [0.29, 0.717) is 18.8 Å². The maximum Gasteiger partial charge on any atom is 0.274 e. The Morgan fingerprint density at radius 2 is 1.91 bits per heavy atom. The van der Waals surface area contributed by atoms with Gasteiger partial charge in [0.05, 0.1) is 6.61 Å². The highest BCUT2D eigenvalue weighted by Crippen LogP contribution is 2.16. The highest BCUT2D eigenvalue weighted by molar-refractivity contribution is 6.03. The van der Waals surface area contributed by atoms with Crippen molar-refractivity contribution in [1.29, 1.82) is 0 Å². The number of nitrogens with one attached hydrogen (secondary N) is 2. The zero-order chi connectivity index (χ0) is 16.7. The number of hydrogen-bond acceptors (Lipinski definition) is 5. The predicted octanol–water partition coefficient (Wildman–Crippen LogP) is 2.46. The molecule has 0 aliphatic rings. The Hall–Kier alpha value is -2.60. The molecule has 1 amide bonds. The molecule has 1 heterocycles. The number of anilines is 3. The van der Waals surface area contributed by atoms with Gasteiger partial charge in [0.25, 0.3) is 5.91 Å². The van der Waals surface area contributed by atoms with E-state index in [2.05, 4.69) is 15.6 Å². The largest absolute Gasteiger partial charge is 0.383 e. The number of hydrogen-bond donors (Lipinski definition) is 2. The van der Waals surface area contributed by atoms with Crippen LogP contribution in [0, 0.1) is 0 Å². The van der Waals surface area contributed by atoms with Gasteiger partial charge in [-0.15, -0.1) is 0 Å². The van der Waals surface area contributed by atoms with Gasteiger partial charge < -0.3 is 20.3 Å². The van der Waals surface area contributed by atoms with Gasteiger partial charge in [-0.2, -0.15) is 0 Å². The second-order valence-electron chi connectivity index (χ2n) is 5.24. The first kappa shape index (κ1) is 16.8. The van der Waals surface area contributed by atoms with E-state index >= 15 is 0 Å². The molecule has 0 bridgehead atoms. The minimum absolute atomic E-state index is 0.238. The summed E-state index contributed by atoms with van der Waals surface area (Å²) in [5.74, 6) is -0.238. The zero-order valence-electron chi connectivity index (χ0n) is 13.7. The van der Waals surface area contributed by atoms with Gasteiger partial charge in [0.1, 0.15) is 5.69 Å². The fourth-order valence-electron chi connectivity index (χ4n) is 2.00. The lowest BCUT2D eigenvalue weighted by molar-refractivity contribution is 0.102. The van der Waals surface area contributed by atoms with Crippen LogP contribution in [0.5, 0.6) is 0 Å². The summed E-state index contributed by atoms with van der Waals surface area (Å²) in [6.07, 6.45) is 1.61. The lowest BCUT2D eigenvalue weighted by atomic mass is 10.2. The Bertz CT molecular complexity index is 641. The summed E-state index contributed by atoms with van der Waals surface area (Å²) in [6, 6.07) is 11.2. The summed E-state index contributed by atoms with van der Waals surface area (Å²) < 4.78 is 4.99. The van der Waals surface area contributed by atoms with Gasteiger partial charge in [-0.05, 0) is 36.4 Å². The normalized spacial score (nSPS) is 10.2. The topological polar surface area (TPSA) is 66.5 Å². The number of benzene rings is 1. The van der Waals surface area contributed by atoms with Crippen LogP contribution in [-0.4, -0.2) is 45.2 Å². The van der Waals surface area contributed by atoms with E-state index in [1.54, 1.807) is 19.4 Å². The minimum Gasteiger partial charge on any atom is -0.383 e. The maximum absolute atomic E-state index is 12.3. The standard InChI is InChI=1S/C17H22N4O2/c1-21(2)15-6-4-13(5-7-15)20-17(22)16-12-14(8-9-19-16)18-10-11-23-3/h4-9,12H,10-11H2,1-3H3,(H,18,19)(H,20,22). The number of amides is 1.